The fourth-order valence-corrected chi connectivity index (χ4v) is 2.47. The van der Waals surface area contributed by atoms with Crippen molar-refractivity contribution < 1.29 is 14.6 Å². The molecule has 4 heteroatoms. The van der Waals surface area contributed by atoms with Crippen molar-refractivity contribution in [3.05, 3.63) is 23.3 Å². The van der Waals surface area contributed by atoms with Crippen molar-refractivity contribution in [1.29, 1.82) is 0 Å². The summed E-state index contributed by atoms with van der Waals surface area (Å²) in [5, 5.41) is 9.45. The van der Waals surface area contributed by atoms with Crippen LogP contribution in [0, 0.1) is 0 Å². The highest BCUT2D eigenvalue weighted by atomic mass is 16.5. The van der Waals surface area contributed by atoms with Gasteiger partial charge in [0.25, 0.3) is 0 Å². The largest absolute Gasteiger partial charge is 0.493 e. The first-order valence-electron chi connectivity index (χ1n) is 6.28. The van der Waals surface area contributed by atoms with Crippen LogP contribution in [0.4, 0.5) is 0 Å². The van der Waals surface area contributed by atoms with Crippen LogP contribution >= 0.6 is 0 Å². The third-order valence-corrected chi connectivity index (χ3v) is 3.32. The molecule has 0 aliphatic carbocycles. The molecule has 1 aromatic carbocycles. The summed E-state index contributed by atoms with van der Waals surface area (Å²) in [5.74, 6) is 1.57. The maximum Gasteiger partial charge on any atom is 0.161 e. The second-order valence-corrected chi connectivity index (χ2v) is 4.81. The van der Waals surface area contributed by atoms with Gasteiger partial charge in [-0.05, 0) is 36.6 Å². The van der Waals surface area contributed by atoms with Crippen LogP contribution in [0.3, 0.4) is 0 Å². The molecule has 1 aromatic rings. The number of nitrogens with zero attached hydrogens (tertiary/aromatic N) is 1. The number of hydrogen-bond donors (Lipinski definition) is 1. The molecule has 1 heterocycles. The molecular weight excluding hydrogens is 230 g/mol. The van der Waals surface area contributed by atoms with E-state index < -0.39 is 0 Å². The summed E-state index contributed by atoms with van der Waals surface area (Å²) in [4.78, 5) is 2.26. The van der Waals surface area contributed by atoms with Gasteiger partial charge in [0.1, 0.15) is 0 Å². The number of aliphatic hydroxyl groups is 1. The Hall–Kier alpha value is -1.26. The van der Waals surface area contributed by atoms with E-state index in [1.54, 1.807) is 14.2 Å². The molecular formula is C14H21NO3. The van der Waals surface area contributed by atoms with Gasteiger partial charge in [0.05, 0.1) is 20.3 Å². The lowest BCUT2D eigenvalue weighted by Crippen LogP contribution is -2.35. The number of fused-ring (bicyclic) bond motifs is 1. The zero-order valence-corrected chi connectivity index (χ0v) is 11.3. The topological polar surface area (TPSA) is 41.9 Å². The van der Waals surface area contributed by atoms with E-state index in [0.717, 1.165) is 31.0 Å². The summed E-state index contributed by atoms with van der Waals surface area (Å²) in [7, 11) is 3.31. The van der Waals surface area contributed by atoms with E-state index in [-0.39, 0.29) is 6.10 Å². The van der Waals surface area contributed by atoms with Crippen LogP contribution in [0.15, 0.2) is 12.1 Å². The van der Waals surface area contributed by atoms with Crippen LogP contribution < -0.4 is 9.47 Å². The first-order valence-corrected chi connectivity index (χ1v) is 6.28. The molecule has 1 N–H and O–H groups in total. The molecule has 4 nitrogen and oxygen atoms in total. The first kappa shape index (κ1) is 13.2. The highest BCUT2D eigenvalue weighted by Crippen LogP contribution is 2.33. The molecule has 0 fully saturated rings. The zero-order chi connectivity index (χ0) is 13.1. The fourth-order valence-electron chi connectivity index (χ4n) is 2.47. The summed E-state index contributed by atoms with van der Waals surface area (Å²) in [6.07, 6.45) is 0.703. The molecule has 0 amide bonds. The Morgan fingerprint density at radius 3 is 2.39 bits per heavy atom. The third kappa shape index (κ3) is 2.76. The van der Waals surface area contributed by atoms with E-state index >= 15 is 0 Å². The van der Waals surface area contributed by atoms with Gasteiger partial charge in [0.2, 0.25) is 0 Å². The number of benzene rings is 1. The van der Waals surface area contributed by atoms with E-state index in [9.17, 15) is 5.11 Å². The Bertz CT molecular complexity index is 418. The van der Waals surface area contributed by atoms with Gasteiger partial charge in [0, 0.05) is 19.6 Å². The van der Waals surface area contributed by atoms with E-state index in [0.29, 0.717) is 6.54 Å². The minimum Gasteiger partial charge on any atom is -0.493 e. The molecule has 1 aliphatic rings. The van der Waals surface area contributed by atoms with E-state index in [1.165, 1.54) is 11.1 Å². The van der Waals surface area contributed by atoms with Crippen LogP contribution in [0.5, 0.6) is 11.5 Å². The minimum absolute atomic E-state index is 0.285. The van der Waals surface area contributed by atoms with Crippen molar-refractivity contribution in [2.75, 3.05) is 27.3 Å². The molecule has 1 aliphatic heterocycles. The molecule has 0 saturated carbocycles. The monoisotopic (exact) mass is 251 g/mol. The minimum atomic E-state index is -0.285. The first-order chi connectivity index (χ1) is 8.63. The van der Waals surface area contributed by atoms with Gasteiger partial charge in [0.15, 0.2) is 11.5 Å². The molecule has 18 heavy (non-hydrogen) atoms. The van der Waals surface area contributed by atoms with Gasteiger partial charge >= 0.3 is 0 Å². The van der Waals surface area contributed by atoms with Crippen LogP contribution in [0.2, 0.25) is 0 Å². The molecule has 0 aromatic heterocycles. The molecule has 1 atom stereocenters. The van der Waals surface area contributed by atoms with Crippen LogP contribution in [0.1, 0.15) is 18.1 Å². The van der Waals surface area contributed by atoms with Crippen LogP contribution in [-0.2, 0) is 13.0 Å². The van der Waals surface area contributed by atoms with Crippen molar-refractivity contribution in [3.8, 4) is 11.5 Å². The maximum atomic E-state index is 9.45. The number of hydrogen-bond acceptors (Lipinski definition) is 4. The van der Waals surface area contributed by atoms with Crippen molar-refractivity contribution >= 4 is 0 Å². The molecule has 0 radical (unpaired) electrons. The lowest BCUT2D eigenvalue weighted by Gasteiger charge is -2.30. The highest BCUT2D eigenvalue weighted by Gasteiger charge is 2.19. The van der Waals surface area contributed by atoms with Crippen molar-refractivity contribution in [1.82, 2.24) is 4.90 Å². The maximum absolute atomic E-state index is 9.45. The van der Waals surface area contributed by atoms with Gasteiger partial charge in [-0.2, -0.15) is 0 Å². The zero-order valence-electron chi connectivity index (χ0n) is 11.3. The molecule has 0 unspecified atom stereocenters. The fraction of sp³-hybridized carbons (Fsp3) is 0.571. The van der Waals surface area contributed by atoms with Gasteiger partial charge in [-0.3, -0.25) is 4.90 Å². The average molecular weight is 251 g/mol. The lowest BCUT2D eigenvalue weighted by molar-refractivity contribution is 0.119. The van der Waals surface area contributed by atoms with E-state index in [1.807, 2.05) is 13.0 Å². The summed E-state index contributed by atoms with van der Waals surface area (Å²) in [6.45, 7) is 4.38. The Kier molecular flexibility index (Phi) is 4.09. The normalized spacial score (nSPS) is 17.1. The standard InChI is InChI=1S/C14H21NO3/c1-10(16)8-15-5-4-11-6-13(17-2)14(18-3)7-12(11)9-15/h6-7,10,16H,4-5,8-9H2,1-3H3/t10-/m1/s1. The molecule has 0 saturated heterocycles. The summed E-state index contributed by atoms with van der Waals surface area (Å²) in [5.41, 5.74) is 2.58. The number of β-amino-alcohol motifs (C(OH)–C–C–N with tert-alkyl or cyclic N) is 1. The van der Waals surface area contributed by atoms with Crippen molar-refractivity contribution in [2.45, 2.75) is 26.0 Å². The van der Waals surface area contributed by atoms with E-state index in [4.69, 9.17) is 9.47 Å². The summed E-state index contributed by atoms with van der Waals surface area (Å²) < 4.78 is 10.6. The second-order valence-electron chi connectivity index (χ2n) is 4.81. The third-order valence-electron chi connectivity index (χ3n) is 3.32. The predicted molar refractivity (Wildman–Crippen MR) is 70.2 cm³/mol. The quantitative estimate of drug-likeness (QED) is 0.879. The molecule has 0 bridgehead atoms. The molecule has 100 valence electrons. The number of ether oxygens (including phenoxy) is 2. The van der Waals surface area contributed by atoms with Gasteiger partial charge < -0.3 is 14.6 Å². The number of aliphatic hydroxyl groups excluding tert-OH is 1. The van der Waals surface area contributed by atoms with Gasteiger partial charge in [-0.25, -0.2) is 0 Å². The second kappa shape index (κ2) is 5.59. The van der Waals surface area contributed by atoms with Crippen LogP contribution in [0.25, 0.3) is 0 Å². The molecule has 2 rings (SSSR count). The van der Waals surface area contributed by atoms with Gasteiger partial charge in [-0.15, -0.1) is 0 Å². The Morgan fingerprint density at radius 1 is 1.22 bits per heavy atom. The predicted octanol–water partition coefficient (Wildman–Crippen LogP) is 1.44. The summed E-state index contributed by atoms with van der Waals surface area (Å²) in [6, 6.07) is 4.11. The SMILES string of the molecule is COc1cc2c(cc1OC)CN(C[C@@H](C)O)CC2. The summed E-state index contributed by atoms with van der Waals surface area (Å²) >= 11 is 0. The Balaban J connectivity index is 2.21. The van der Waals surface area contributed by atoms with Crippen molar-refractivity contribution in [3.63, 3.8) is 0 Å². The highest BCUT2D eigenvalue weighted by molar-refractivity contribution is 5.48. The number of methoxy groups -OCH3 is 2. The smallest absolute Gasteiger partial charge is 0.161 e. The van der Waals surface area contributed by atoms with Gasteiger partial charge in [-0.1, -0.05) is 0 Å². The average Bonchev–Trinajstić information content (AvgIpc) is 2.36. The lowest BCUT2D eigenvalue weighted by atomic mass is 9.98. The van der Waals surface area contributed by atoms with Crippen LogP contribution in [-0.4, -0.2) is 43.4 Å². The Labute approximate surface area is 108 Å². The number of rotatable bonds is 4. The van der Waals surface area contributed by atoms with E-state index in [2.05, 4.69) is 11.0 Å². The van der Waals surface area contributed by atoms with Crippen molar-refractivity contribution in [2.24, 2.45) is 0 Å². The Morgan fingerprint density at radius 2 is 1.83 bits per heavy atom. The molecule has 0 spiro atoms.